The molecule has 0 amide bonds. The first-order chi connectivity index (χ1) is 10.9. The van der Waals surface area contributed by atoms with Crippen LogP contribution in [0.15, 0.2) is 0 Å². The van der Waals surface area contributed by atoms with Gasteiger partial charge in [-0.1, -0.05) is 26.7 Å². The molecule has 4 rings (SSSR count). The molecule has 0 aliphatic heterocycles. The number of aliphatic hydroxyl groups excluding tert-OH is 1. The Kier molecular flexibility index (Phi) is 3.71. The van der Waals surface area contributed by atoms with E-state index in [4.69, 9.17) is 0 Å². The van der Waals surface area contributed by atoms with Crippen LogP contribution in [0.3, 0.4) is 0 Å². The summed E-state index contributed by atoms with van der Waals surface area (Å²) in [6, 6.07) is 0. The molecule has 0 spiro atoms. The lowest BCUT2D eigenvalue weighted by molar-refractivity contribution is -0.176. The summed E-state index contributed by atoms with van der Waals surface area (Å²) in [5.74, 6) is 3.61. The average molecular weight is 321 g/mol. The van der Waals surface area contributed by atoms with Crippen LogP contribution in [0, 0.1) is 40.4 Å². The molecule has 0 aromatic rings. The van der Waals surface area contributed by atoms with Crippen molar-refractivity contribution < 1.29 is 10.2 Å². The van der Waals surface area contributed by atoms with Crippen molar-refractivity contribution in [2.45, 2.75) is 84.2 Å². The topological polar surface area (TPSA) is 40.5 Å². The molecule has 0 aromatic carbocycles. The molecule has 0 radical (unpaired) electrons. The minimum atomic E-state index is -0.484. The normalized spacial score (nSPS) is 59.1. The van der Waals surface area contributed by atoms with Crippen LogP contribution in [-0.2, 0) is 0 Å². The van der Waals surface area contributed by atoms with Gasteiger partial charge in [0.05, 0.1) is 5.60 Å². The van der Waals surface area contributed by atoms with Crippen molar-refractivity contribution in [1.82, 2.24) is 0 Å². The van der Waals surface area contributed by atoms with Gasteiger partial charge in [0.25, 0.3) is 0 Å². The highest BCUT2D eigenvalue weighted by molar-refractivity contribution is 5.13. The van der Waals surface area contributed by atoms with Gasteiger partial charge in [0.1, 0.15) is 0 Å². The van der Waals surface area contributed by atoms with Crippen LogP contribution in [0.2, 0.25) is 0 Å². The molecule has 4 saturated carbocycles. The Hall–Kier alpha value is -0.0800. The molecule has 2 nitrogen and oxygen atoms in total. The van der Waals surface area contributed by atoms with E-state index in [1.807, 2.05) is 0 Å². The van der Waals surface area contributed by atoms with Crippen molar-refractivity contribution in [1.29, 1.82) is 0 Å². The molecule has 2 N–H and O–H groups in total. The van der Waals surface area contributed by atoms with Crippen LogP contribution in [-0.4, -0.2) is 22.4 Å². The number of hydrogen-bond donors (Lipinski definition) is 2. The van der Waals surface area contributed by atoms with Crippen LogP contribution in [0.5, 0.6) is 0 Å². The van der Waals surface area contributed by atoms with E-state index < -0.39 is 5.60 Å². The number of rotatable bonds is 1. The zero-order valence-corrected chi connectivity index (χ0v) is 15.4. The van der Waals surface area contributed by atoms with Gasteiger partial charge in [0.15, 0.2) is 0 Å². The molecule has 132 valence electrons. The summed E-state index contributed by atoms with van der Waals surface area (Å²) in [4.78, 5) is 0. The summed E-state index contributed by atoms with van der Waals surface area (Å²) in [5.41, 5.74) is -0.177. The molecule has 0 heterocycles. The zero-order valence-electron chi connectivity index (χ0n) is 15.4. The van der Waals surface area contributed by atoms with E-state index in [9.17, 15) is 10.2 Å². The third-order valence-electron chi connectivity index (χ3n) is 9.51. The molecule has 4 aliphatic carbocycles. The predicted molar refractivity (Wildman–Crippen MR) is 92.9 cm³/mol. The van der Waals surface area contributed by atoms with Crippen LogP contribution < -0.4 is 0 Å². The standard InChI is InChI=1S/C21H36O2/c1-14-12-15-17-8-11-20(3,23)19(17,2)10-7-18(15)21(13-22)9-5-4-6-16(14)21/h14-18,22-23H,4-13H2,1-3H3/t14-,15-,16+,17-,18-,19-,20-,21+/m0/s1. The van der Waals surface area contributed by atoms with E-state index in [0.717, 1.165) is 30.6 Å². The highest BCUT2D eigenvalue weighted by Gasteiger charge is 2.64. The molecule has 0 saturated heterocycles. The molecule has 8 atom stereocenters. The third-order valence-corrected chi connectivity index (χ3v) is 9.51. The summed E-state index contributed by atoms with van der Waals surface area (Å²) in [7, 11) is 0. The van der Waals surface area contributed by atoms with E-state index >= 15 is 0 Å². The number of fused-ring (bicyclic) bond motifs is 5. The summed E-state index contributed by atoms with van der Waals surface area (Å²) >= 11 is 0. The molecule has 4 fully saturated rings. The SMILES string of the molecule is C[C@H]1C[C@@H]2[C@H](CC[C@@]3(C)[C@H]2CC[C@]3(C)O)[C@@]2(CO)CCCC[C@H]12. The Morgan fingerprint density at radius 3 is 2.39 bits per heavy atom. The van der Waals surface area contributed by atoms with E-state index in [1.54, 1.807) is 0 Å². The molecule has 2 heteroatoms. The molecule has 23 heavy (non-hydrogen) atoms. The highest BCUT2D eigenvalue weighted by atomic mass is 16.3. The fraction of sp³-hybridized carbons (Fsp3) is 1.00. The van der Waals surface area contributed by atoms with Crippen molar-refractivity contribution in [3.05, 3.63) is 0 Å². The van der Waals surface area contributed by atoms with Crippen molar-refractivity contribution in [3.63, 3.8) is 0 Å². The fourth-order valence-electron chi connectivity index (χ4n) is 8.08. The quantitative estimate of drug-likeness (QED) is 0.752. The fourth-order valence-corrected chi connectivity index (χ4v) is 8.08. The van der Waals surface area contributed by atoms with Crippen molar-refractivity contribution in [2.24, 2.45) is 40.4 Å². The predicted octanol–water partition coefficient (Wildman–Crippen LogP) is 4.39. The lowest BCUT2D eigenvalue weighted by Crippen LogP contribution is -2.59. The maximum absolute atomic E-state index is 11.0. The molecular weight excluding hydrogens is 284 g/mol. The second-order valence-corrected chi connectivity index (χ2v) is 10.1. The van der Waals surface area contributed by atoms with Crippen LogP contribution in [0.25, 0.3) is 0 Å². The Bertz CT molecular complexity index is 472. The summed E-state index contributed by atoms with van der Waals surface area (Å²) < 4.78 is 0. The van der Waals surface area contributed by atoms with Crippen LogP contribution in [0.1, 0.15) is 78.6 Å². The van der Waals surface area contributed by atoms with Crippen molar-refractivity contribution in [3.8, 4) is 0 Å². The van der Waals surface area contributed by atoms with E-state index in [0.29, 0.717) is 18.4 Å². The van der Waals surface area contributed by atoms with Gasteiger partial charge in [-0.25, -0.2) is 0 Å². The van der Waals surface area contributed by atoms with E-state index in [1.165, 1.54) is 44.9 Å². The first-order valence-corrected chi connectivity index (χ1v) is 10.2. The summed E-state index contributed by atoms with van der Waals surface area (Å²) in [5, 5.41) is 21.5. The van der Waals surface area contributed by atoms with E-state index in [2.05, 4.69) is 20.8 Å². The van der Waals surface area contributed by atoms with Gasteiger partial charge in [0.2, 0.25) is 0 Å². The molecular formula is C21H36O2. The van der Waals surface area contributed by atoms with Crippen LogP contribution >= 0.6 is 0 Å². The Morgan fingerprint density at radius 1 is 0.913 bits per heavy atom. The molecule has 0 aromatic heterocycles. The van der Waals surface area contributed by atoms with Gasteiger partial charge in [-0.2, -0.15) is 0 Å². The lowest BCUT2D eigenvalue weighted by Gasteiger charge is -2.63. The lowest BCUT2D eigenvalue weighted by atomic mass is 9.42. The van der Waals surface area contributed by atoms with Crippen molar-refractivity contribution >= 4 is 0 Å². The van der Waals surface area contributed by atoms with Gasteiger partial charge in [-0.15, -0.1) is 0 Å². The monoisotopic (exact) mass is 320 g/mol. The second kappa shape index (κ2) is 5.21. The third kappa shape index (κ3) is 2.00. The average Bonchev–Trinajstić information content (AvgIpc) is 2.78. The summed E-state index contributed by atoms with van der Waals surface area (Å²) in [6.45, 7) is 7.31. The maximum Gasteiger partial charge on any atom is 0.0675 e. The minimum absolute atomic E-state index is 0.103. The number of hydrogen-bond acceptors (Lipinski definition) is 2. The van der Waals surface area contributed by atoms with Crippen molar-refractivity contribution in [2.75, 3.05) is 6.61 Å². The van der Waals surface area contributed by atoms with Gasteiger partial charge in [-0.3, -0.25) is 0 Å². The van der Waals surface area contributed by atoms with Gasteiger partial charge < -0.3 is 10.2 Å². The first kappa shape index (κ1) is 16.4. The zero-order chi connectivity index (χ0) is 16.5. The smallest absolute Gasteiger partial charge is 0.0675 e. The Balaban J connectivity index is 1.71. The minimum Gasteiger partial charge on any atom is -0.396 e. The van der Waals surface area contributed by atoms with E-state index in [-0.39, 0.29) is 10.8 Å². The number of aliphatic hydroxyl groups is 2. The van der Waals surface area contributed by atoms with Gasteiger partial charge >= 0.3 is 0 Å². The van der Waals surface area contributed by atoms with Gasteiger partial charge in [0, 0.05) is 6.61 Å². The second-order valence-electron chi connectivity index (χ2n) is 10.1. The Morgan fingerprint density at radius 2 is 1.65 bits per heavy atom. The largest absolute Gasteiger partial charge is 0.396 e. The Labute approximate surface area is 142 Å². The summed E-state index contributed by atoms with van der Waals surface area (Å²) in [6.07, 6.45) is 11.2. The highest BCUT2D eigenvalue weighted by Crippen LogP contribution is 2.68. The van der Waals surface area contributed by atoms with Crippen LogP contribution in [0.4, 0.5) is 0 Å². The molecule has 4 aliphatic rings. The molecule has 0 unspecified atom stereocenters. The van der Waals surface area contributed by atoms with Gasteiger partial charge in [-0.05, 0) is 92.3 Å². The molecule has 0 bridgehead atoms. The first-order valence-electron chi connectivity index (χ1n) is 10.2. The maximum atomic E-state index is 11.0.